The van der Waals surface area contributed by atoms with Gasteiger partial charge in [-0.3, -0.25) is 0 Å². The monoisotopic (exact) mass is 535 g/mol. The largest absolute Gasteiger partial charge is 0.396 e. The molecular formula is C33H33N3O4. The fourth-order valence-electron chi connectivity index (χ4n) is 6.31. The molecule has 2 aliphatic heterocycles. The van der Waals surface area contributed by atoms with Crippen LogP contribution in [0, 0.1) is 11.3 Å². The van der Waals surface area contributed by atoms with Gasteiger partial charge in [-0.25, -0.2) is 0 Å². The molecule has 6 rings (SSSR count). The molecule has 3 heterocycles. The second-order valence-electron chi connectivity index (χ2n) is 11.0. The molecule has 3 N–H and O–H groups in total. The zero-order valence-electron chi connectivity index (χ0n) is 22.8. The summed E-state index contributed by atoms with van der Waals surface area (Å²) in [5.41, 5.74) is 8.94. The summed E-state index contributed by atoms with van der Waals surface area (Å²) in [5, 5.41) is 9.48. The molecule has 1 aromatic heterocycles. The quantitative estimate of drug-likeness (QED) is 0.289. The molecule has 2 saturated heterocycles. The Morgan fingerprint density at radius 3 is 1.90 bits per heavy atom. The molecule has 3 aromatic carbocycles. The van der Waals surface area contributed by atoms with Gasteiger partial charge in [-0.1, -0.05) is 91.0 Å². The number of aromatic amines is 1. The molecule has 7 heteroatoms. The van der Waals surface area contributed by atoms with Gasteiger partial charge in [-0.2, -0.15) is 5.26 Å². The lowest BCUT2D eigenvalue weighted by molar-refractivity contribution is -0.210. The minimum absolute atomic E-state index is 0.213. The van der Waals surface area contributed by atoms with Crippen molar-refractivity contribution >= 4 is 5.69 Å². The Morgan fingerprint density at radius 1 is 0.900 bits per heavy atom. The molecule has 4 aromatic rings. The molecule has 0 aliphatic carbocycles. The summed E-state index contributed by atoms with van der Waals surface area (Å²) >= 11 is 0. The summed E-state index contributed by atoms with van der Waals surface area (Å²) in [6.45, 7) is 5.99. The second-order valence-corrected chi connectivity index (χ2v) is 11.0. The molecule has 0 bridgehead atoms. The highest BCUT2D eigenvalue weighted by atomic mass is 16.8. The van der Waals surface area contributed by atoms with E-state index in [0.717, 1.165) is 16.7 Å². The number of benzene rings is 3. The molecule has 0 spiro atoms. The van der Waals surface area contributed by atoms with Crippen LogP contribution in [0.5, 0.6) is 0 Å². The van der Waals surface area contributed by atoms with Gasteiger partial charge in [0.15, 0.2) is 5.79 Å². The van der Waals surface area contributed by atoms with E-state index >= 15 is 0 Å². The van der Waals surface area contributed by atoms with Gasteiger partial charge >= 0.3 is 0 Å². The maximum absolute atomic E-state index is 9.48. The highest BCUT2D eigenvalue weighted by Crippen LogP contribution is 2.54. The molecule has 0 saturated carbocycles. The van der Waals surface area contributed by atoms with Crippen LogP contribution in [-0.2, 0) is 24.5 Å². The average molecular weight is 536 g/mol. The number of H-pyrrole nitrogens is 1. The number of nitrogens with two attached hydrogens (primary N) is 1. The Hall–Kier alpha value is -3.93. The van der Waals surface area contributed by atoms with Gasteiger partial charge in [0, 0.05) is 11.8 Å². The number of hydrogen-bond acceptors (Lipinski definition) is 6. The van der Waals surface area contributed by atoms with Crippen molar-refractivity contribution in [1.82, 2.24) is 4.98 Å². The summed E-state index contributed by atoms with van der Waals surface area (Å²) < 4.78 is 26.7. The van der Waals surface area contributed by atoms with Crippen LogP contribution in [0.25, 0.3) is 0 Å². The van der Waals surface area contributed by atoms with E-state index in [-0.39, 0.29) is 6.61 Å². The summed E-state index contributed by atoms with van der Waals surface area (Å²) in [4.78, 5) is 2.96. The van der Waals surface area contributed by atoms with E-state index in [0.29, 0.717) is 16.9 Å². The highest BCUT2D eigenvalue weighted by molar-refractivity contribution is 5.58. The van der Waals surface area contributed by atoms with Crippen molar-refractivity contribution in [2.45, 2.75) is 56.1 Å². The Balaban J connectivity index is 1.42. The van der Waals surface area contributed by atoms with E-state index in [1.54, 1.807) is 6.20 Å². The Labute approximate surface area is 234 Å². The van der Waals surface area contributed by atoms with Crippen LogP contribution in [0.3, 0.4) is 0 Å². The van der Waals surface area contributed by atoms with Crippen molar-refractivity contribution in [3.63, 3.8) is 0 Å². The van der Waals surface area contributed by atoms with Crippen LogP contribution < -0.4 is 5.73 Å². The van der Waals surface area contributed by atoms with E-state index in [4.69, 9.17) is 24.7 Å². The van der Waals surface area contributed by atoms with E-state index in [2.05, 4.69) is 47.5 Å². The molecule has 7 nitrogen and oxygen atoms in total. The number of nitrogen functional groups attached to an aromatic ring is 1. The first-order chi connectivity index (χ1) is 19.3. The average Bonchev–Trinajstić information content (AvgIpc) is 3.55. The zero-order chi connectivity index (χ0) is 28.0. The minimum Gasteiger partial charge on any atom is -0.396 e. The van der Waals surface area contributed by atoms with Crippen LogP contribution >= 0.6 is 0 Å². The molecule has 0 radical (unpaired) electrons. The lowest BCUT2D eigenvalue weighted by Crippen LogP contribution is -2.42. The first-order valence-corrected chi connectivity index (χ1v) is 13.5. The first kappa shape index (κ1) is 26.3. The van der Waals surface area contributed by atoms with E-state index in [9.17, 15) is 5.26 Å². The minimum atomic E-state index is -0.905. The van der Waals surface area contributed by atoms with E-state index in [1.807, 2.05) is 75.4 Å². The topological polar surface area (TPSA) is 103 Å². The summed E-state index contributed by atoms with van der Waals surface area (Å²) in [6.07, 6.45) is 0.242. The number of aromatic nitrogens is 1. The van der Waals surface area contributed by atoms with Gasteiger partial charge < -0.3 is 29.7 Å². The van der Waals surface area contributed by atoms with Gasteiger partial charge in [0.1, 0.15) is 41.3 Å². The maximum Gasteiger partial charge on any atom is 0.164 e. The van der Waals surface area contributed by atoms with Crippen LogP contribution in [0.4, 0.5) is 5.69 Å². The van der Waals surface area contributed by atoms with Crippen molar-refractivity contribution < 1.29 is 18.9 Å². The third-order valence-corrected chi connectivity index (χ3v) is 7.96. The Morgan fingerprint density at radius 2 is 1.43 bits per heavy atom. The van der Waals surface area contributed by atoms with Gasteiger partial charge in [0.05, 0.1) is 12.3 Å². The van der Waals surface area contributed by atoms with Crippen LogP contribution in [0.1, 0.15) is 54.8 Å². The van der Waals surface area contributed by atoms with Crippen molar-refractivity contribution in [3.05, 3.63) is 125 Å². The van der Waals surface area contributed by atoms with E-state index in [1.165, 1.54) is 0 Å². The fraction of sp³-hybridized carbons (Fsp3) is 0.303. The highest BCUT2D eigenvalue weighted by Gasteiger charge is 2.64. The Bertz CT molecular complexity index is 1420. The number of hydrogen-bond donors (Lipinski definition) is 2. The predicted molar refractivity (Wildman–Crippen MR) is 151 cm³/mol. The number of nitriles is 1. The summed E-state index contributed by atoms with van der Waals surface area (Å²) in [5.74, 6) is -0.835. The molecule has 4 atom stereocenters. The summed E-state index contributed by atoms with van der Waals surface area (Å²) in [7, 11) is 0. The molecular weight excluding hydrogens is 502 g/mol. The Kier molecular flexibility index (Phi) is 6.52. The molecule has 0 amide bonds. The molecule has 2 aliphatic rings. The van der Waals surface area contributed by atoms with Crippen LogP contribution in [0.2, 0.25) is 0 Å². The lowest BCUT2D eigenvalue weighted by atomic mass is 9.80. The lowest BCUT2D eigenvalue weighted by Gasteiger charge is -2.37. The maximum atomic E-state index is 9.48. The fourth-order valence-corrected chi connectivity index (χ4v) is 6.31. The predicted octanol–water partition coefficient (Wildman–Crippen LogP) is 5.83. The third-order valence-electron chi connectivity index (χ3n) is 7.96. The number of rotatable bonds is 7. The van der Waals surface area contributed by atoms with Crippen molar-refractivity contribution in [2.75, 3.05) is 12.3 Å². The smallest absolute Gasteiger partial charge is 0.164 e. The normalized spacial score (nSPS) is 25.4. The molecule has 2 unspecified atom stereocenters. The van der Waals surface area contributed by atoms with Gasteiger partial charge in [0.25, 0.3) is 0 Å². The van der Waals surface area contributed by atoms with E-state index < -0.39 is 35.3 Å². The number of fused-ring (bicyclic) bond motifs is 1. The standard InChI is InChI=1S/C33H33N3O4/c1-31(2)39-30-27(38-29(32(30,3)40-31)25-20-36-26(19-34)28(25)35)21-37-33(22-13-7-4-8-14-22,23-15-9-5-10-16-23)24-17-11-6-12-18-24/h4-18,20,27,29-30,36H,21,35H2,1-3H3/t27?,29?,30-,32+/m1/s1. The van der Waals surface area contributed by atoms with Gasteiger partial charge in [-0.15, -0.1) is 0 Å². The van der Waals surface area contributed by atoms with Gasteiger partial charge in [0.2, 0.25) is 0 Å². The zero-order valence-corrected chi connectivity index (χ0v) is 22.8. The SMILES string of the molecule is CC1(C)O[C@@H]2C(COC(c3ccccc3)(c3ccccc3)c3ccccc3)OC(c3c[nH]c(C#N)c3N)[C@]2(C)O1. The number of nitrogens with zero attached hydrogens (tertiary/aromatic N) is 1. The molecule has 204 valence electrons. The second kappa shape index (κ2) is 9.92. The van der Waals surface area contributed by atoms with Crippen LogP contribution in [0.15, 0.2) is 97.2 Å². The molecule has 2 fully saturated rings. The van der Waals surface area contributed by atoms with Crippen LogP contribution in [-0.4, -0.2) is 35.2 Å². The van der Waals surface area contributed by atoms with Crippen molar-refractivity contribution in [1.29, 1.82) is 5.26 Å². The first-order valence-electron chi connectivity index (χ1n) is 13.5. The number of anilines is 1. The van der Waals surface area contributed by atoms with Gasteiger partial charge in [-0.05, 0) is 37.5 Å². The third kappa shape index (κ3) is 4.21. The summed E-state index contributed by atoms with van der Waals surface area (Å²) in [6, 6.07) is 32.8. The van der Waals surface area contributed by atoms with Crippen molar-refractivity contribution in [2.24, 2.45) is 0 Å². The molecule has 40 heavy (non-hydrogen) atoms. The number of ether oxygens (including phenoxy) is 4. The van der Waals surface area contributed by atoms with Crippen molar-refractivity contribution in [3.8, 4) is 6.07 Å². The number of nitrogens with one attached hydrogen (secondary N) is 1.